The summed E-state index contributed by atoms with van der Waals surface area (Å²) in [4.78, 5) is 13.7. The predicted molar refractivity (Wildman–Crippen MR) is 116 cm³/mol. The maximum absolute atomic E-state index is 13.7. The van der Waals surface area contributed by atoms with Gasteiger partial charge < -0.3 is 9.64 Å². The summed E-state index contributed by atoms with van der Waals surface area (Å²) in [5.74, 6) is 0.362. The number of hydrogen-bond donors (Lipinski definition) is 0. The number of aryl methyl sites for hydroxylation is 1. The molecular weight excluding hydrogens is 400 g/mol. The average Bonchev–Trinajstić information content (AvgIpc) is 3.00. The van der Waals surface area contributed by atoms with Crippen LogP contribution in [0.5, 0.6) is 5.75 Å². The van der Waals surface area contributed by atoms with Gasteiger partial charge in [-0.3, -0.25) is 4.79 Å². The van der Waals surface area contributed by atoms with Crippen LogP contribution in [0.1, 0.15) is 49.8 Å². The summed E-state index contributed by atoms with van der Waals surface area (Å²) in [7, 11) is -3.71. The monoisotopic (exact) mass is 428 g/mol. The Balaban J connectivity index is 1.72. The van der Waals surface area contributed by atoms with Gasteiger partial charge >= 0.3 is 0 Å². The van der Waals surface area contributed by atoms with Crippen LogP contribution >= 0.6 is 0 Å². The summed E-state index contributed by atoms with van der Waals surface area (Å²) in [5, 5.41) is 0. The molecule has 0 N–H and O–H groups in total. The first-order valence-electron chi connectivity index (χ1n) is 10.5. The number of nitrogens with zero attached hydrogens (tertiary/aromatic N) is 2. The molecule has 7 heteroatoms. The molecular formula is C23H28N2O4S. The number of sulfonamides is 1. The number of anilines is 1. The molecule has 0 aliphatic carbocycles. The number of carbonyl (C=O) groups is 1. The van der Waals surface area contributed by atoms with E-state index in [9.17, 15) is 13.2 Å². The molecule has 6 nitrogen and oxygen atoms in total. The first-order chi connectivity index (χ1) is 14.4. The van der Waals surface area contributed by atoms with Crippen LogP contribution in [0.4, 0.5) is 5.69 Å². The highest BCUT2D eigenvalue weighted by molar-refractivity contribution is 7.89. The second kappa shape index (κ2) is 8.40. The van der Waals surface area contributed by atoms with Crippen LogP contribution in [0.3, 0.4) is 0 Å². The maximum Gasteiger partial charge on any atom is 0.243 e. The maximum atomic E-state index is 13.7. The molecule has 160 valence electrons. The van der Waals surface area contributed by atoms with Crippen LogP contribution in [0.2, 0.25) is 0 Å². The van der Waals surface area contributed by atoms with E-state index in [0.717, 1.165) is 36.8 Å². The summed E-state index contributed by atoms with van der Waals surface area (Å²) in [6.07, 6.45) is 3.68. The molecule has 0 radical (unpaired) electrons. The lowest BCUT2D eigenvalue weighted by molar-refractivity contribution is -0.116. The van der Waals surface area contributed by atoms with Crippen molar-refractivity contribution in [3.05, 3.63) is 53.6 Å². The Bertz CT molecular complexity index is 1030. The highest BCUT2D eigenvalue weighted by Gasteiger charge is 2.34. The molecule has 2 aromatic rings. The van der Waals surface area contributed by atoms with Crippen LogP contribution < -0.4 is 9.64 Å². The third-order valence-corrected chi connectivity index (χ3v) is 7.85. The van der Waals surface area contributed by atoms with Crippen molar-refractivity contribution in [3.63, 3.8) is 0 Å². The van der Waals surface area contributed by atoms with Crippen molar-refractivity contribution < 1.29 is 17.9 Å². The lowest BCUT2D eigenvalue weighted by Gasteiger charge is -2.31. The first-order valence-corrected chi connectivity index (χ1v) is 12.0. The van der Waals surface area contributed by atoms with E-state index in [0.29, 0.717) is 31.1 Å². The van der Waals surface area contributed by atoms with Gasteiger partial charge in [0.15, 0.2) is 0 Å². The highest BCUT2D eigenvalue weighted by atomic mass is 32.2. The molecule has 2 aliphatic rings. The number of benzene rings is 2. The minimum atomic E-state index is -3.71. The summed E-state index contributed by atoms with van der Waals surface area (Å²) >= 11 is 0. The van der Waals surface area contributed by atoms with Gasteiger partial charge in [-0.1, -0.05) is 42.7 Å². The van der Waals surface area contributed by atoms with Crippen molar-refractivity contribution in [2.75, 3.05) is 24.6 Å². The Morgan fingerprint density at radius 1 is 1.03 bits per heavy atom. The molecule has 2 aliphatic heterocycles. The third-order valence-electron chi connectivity index (χ3n) is 5.95. The second-order valence-corrected chi connectivity index (χ2v) is 9.93. The molecule has 0 saturated carbocycles. The van der Waals surface area contributed by atoms with Gasteiger partial charge in [0.2, 0.25) is 15.9 Å². The van der Waals surface area contributed by atoms with Crippen LogP contribution in [-0.2, 0) is 14.8 Å². The van der Waals surface area contributed by atoms with Crippen LogP contribution in [0.25, 0.3) is 0 Å². The largest absolute Gasteiger partial charge is 0.489 e. The Hall–Kier alpha value is -2.38. The van der Waals surface area contributed by atoms with Gasteiger partial charge in [-0.05, 0) is 37.5 Å². The van der Waals surface area contributed by atoms with Gasteiger partial charge in [0, 0.05) is 19.5 Å². The van der Waals surface area contributed by atoms with Crippen LogP contribution in [0, 0.1) is 6.92 Å². The lowest BCUT2D eigenvalue weighted by Crippen LogP contribution is -2.37. The molecule has 0 unspecified atom stereocenters. The van der Waals surface area contributed by atoms with Gasteiger partial charge in [-0.15, -0.1) is 0 Å². The number of hydrogen-bond acceptors (Lipinski definition) is 4. The summed E-state index contributed by atoms with van der Waals surface area (Å²) in [6.45, 7) is 4.85. The molecule has 0 bridgehead atoms. The highest BCUT2D eigenvalue weighted by Crippen LogP contribution is 2.38. The predicted octanol–water partition coefficient (Wildman–Crippen LogP) is 4.05. The first kappa shape index (κ1) is 20.9. The molecule has 0 aromatic heterocycles. The molecule has 4 rings (SSSR count). The summed E-state index contributed by atoms with van der Waals surface area (Å²) < 4.78 is 34.7. The summed E-state index contributed by atoms with van der Waals surface area (Å²) in [6, 6.07) is 12.8. The Kier molecular flexibility index (Phi) is 5.84. The average molecular weight is 429 g/mol. The van der Waals surface area contributed by atoms with Crippen molar-refractivity contribution in [1.29, 1.82) is 0 Å². The Morgan fingerprint density at radius 2 is 1.80 bits per heavy atom. The van der Waals surface area contributed by atoms with Gasteiger partial charge in [-0.25, -0.2) is 8.42 Å². The van der Waals surface area contributed by atoms with Crippen molar-refractivity contribution in [3.8, 4) is 5.75 Å². The van der Waals surface area contributed by atoms with Crippen molar-refractivity contribution in [2.45, 2.75) is 50.5 Å². The fraction of sp³-hybridized carbons (Fsp3) is 0.435. The number of fused-ring (bicyclic) bond motifs is 1. The molecule has 1 fully saturated rings. The molecule has 1 atom stereocenters. The molecule has 2 heterocycles. The molecule has 1 amide bonds. The van der Waals surface area contributed by atoms with Gasteiger partial charge in [0.05, 0.1) is 23.2 Å². The number of carbonyl (C=O) groups excluding carboxylic acids is 1. The topological polar surface area (TPSA) is 66.9 Å². The molecule has 30 heavy (non-hydrogen) atoms. The van der Waals surface area contributed by atoms with Crippen LogP contribution in [0.15, 0.2) is 47.4 Å². The second-order valence-electron chi connectivity index (χ2n) is 8.04. The van der Waals surface area contributed by atoms with E-state index in [1.807, 2.05) is 31.2 Å². The van der Waals surface area contributed by atoms with E-state index < -0.39 is 10.0 Å². The fourth-order valence-electron chi connectivity index (χ4n) is 4.31. The van der Waals surface area contributed by atoms with E-state index in [1.54, 1.807) is 27.4 Å². The van der Waals surface area contributed by atoms with E-state index in [-0.39, 0.29) is 16.8 Å². The molecule has 2 aromatic carbocycles. The zero-order valence-corrected chi connectivity index (χ0v) is 18.3. The molecule has 1 saturated heterocycles. The van der Waals surface area contributed by atoms with E-state index in [2.05, 4.69) is 0 Å². The van der Waals surface area contributed by atoms with Crippen LogP contribution in [-0.4, -0.2) is 38.3 Å². The van der Waals surface area contributed by atoms with Gasteiger partial charge in [0.1, 0.15) is 12.4 Å². The third kappa shape index (κ3) is 3.96. The minimum absolute atomic E-state index is 0.0814. The number of rotatable bonds is 3. The van der Waals surface area contributed by atoms with Gasteiger partial charge in [-0.2, -0.15) is 4.31 Å². The number of ether oxygens (including phenoxy) is 1. The minimum Gasteiger partial charge on any atom is -0.489 e. The smallest absolute Gasteiger partial charge is 0.243 e. The zero-order chi connectivity index (χ0) is 21.3. The van der Waals surface area contributed by atoms with Gasteiger partial charge in [0.25, 0.3) is 0 Å². The van der Waals surface area contributed by atoms with Crippen molar-refractivity contribution in [2.24, 2.45) is 0 Å². The standard InChI is InChI=1S/C23H28N2O4S/c1-17-7-9-19(10-8-17)21-6-4-3-5-13-25(21)30(27,28)20-11-12-22-23(16-20)29-15-14-24(22)18(2)26/h7-12,16,21H,3-6,13-15H2,1-2H3/t21-/m1/s1. The SMILES string of the molecule is CC(=O)N1CCOc2cc(S(=O)(=O)N3CCCCC[C@@H]3c3ccc(C)cc3)ccc21. The fourth-order valence-corrected chi connectivity index (χ4v) is 6.01. The summed E-state index contributed by atoms with van der Waals surface area (Å²) in [5.41, 5.74) is 2.81. The Labute approximate surface area is 178 Å². The van der Waals surface area contributed by atoms with Crippen molar-refractivity contribution >= 4 is 21.6 Å². The quantitative estimate of drug-likeness (QED) is 0.740. The van der Waals surface area contributed by atoms with E-state index in [4.69, 9.17) is 4.74 Å². The van der Waals surface area contributed by atoms with E-state index in [1.165, 1.54) is 6.92 Å². The normalized spacial score (nSPS) is 20.2. The van der Waals surface area contributed by atoms with Crippen molar-refractivity contribution in [1.82, 2.24) is 4.31 Å². The number of amides is 1. The lowest BCUT2D eigenvalue weighted by atomic mass is 10.0. The Morgan fingerprint density at radius 3 is 2.53 bits per heavy atom. The zero-order valence-electron chi connectivity index (χ0n) is 17.5. The molecule has 0 spiro atoms. The van der Waals surface area contributed by atoms with E-state index >= 15 is 0 Å².